The number of piperidine rings is 1. The lowest BCUT2D eigenvalue weighted by Crippen LogP contribution is -2.39. The molecule has 1 aliphatic carbocycles. The molecule has 3 rings (SSSR count). The van der Waals surface area contributed by atoms with Crippen LogP contribution in [0.25, 0.3) is 5.57 Å². The molecular formula is C14H18N2O. The minimum Gasteiger partial charge on any atom is -0.481 e. The first kappa shape index (κ1) is 10.8. The van der Waals surface area contributed by atoms with Gasteiger partial charge < -0.3 is 10.1 Å². The van der Waals surface area contributed by atoms with Gasteiger partial charge in [-0.3, -0.25) is 0 Å². The predicted molar refractivity (Wildman–Crippen MR) is 67.9 cm³/mol. The minimum atomic E-state index is 0.569. The number of hydrogen-bond acceptors (Lipinski definition) is 3. The smallest absolute Gasteiger partial charge is 0.212 e. The zero-order valence-corrected chi connectivity index (χ0v) is 10.1. The first-order chi connectivity index (χ1) is 8.35. The molecule has 0 spiro atoms. The SMILES string of the molecule is COc1ccc(C2=CC3CC(CCN3)C2)cn1. The third kappa shape index (κ3) is 2.20. The van der Waals surface area contributed by atoms with E-state index in [1.807, 2.05) is 12.3 Å². The van der Waals surface area contributed by atoms with Gasteiger partial charge in [-0.25, -0.2) is 4.98 Å². The van der Waals surface area contributed by atoms with E-state index in [-0.39, 0.29) is 0 Å². The Kier molecular flexibility index (Phi) is 2.85. The third-order valence-electron chi connectivity index (χ3n) is 3.77. The number of methoxy groups -OCH3 is 1. The van der Waals surface area contributed by atoms with Crippen molar-refractivity contribution in [3.63, 3.8) is 0 Å². The van der Waals surface area contributed by atoms with Crippen LogP contribution in [0.2, 0.25) is 0 Å². The van der Waals surface area contributed by atoms with E-state index in [4.69, 9.17) is 4.74 Å². The Morgan fingerprint density at radius 2 is 2.35 bits per heavy atom. The van der Waals surface area contributed by atoms with Gasteiger partial charge in [-0.05, 0) is 48.9 Å². The molecule has 1 aromatic rings. The Morgan fingerprint density at radius 1 is 1.41 bits per heavy atom. The van der Waals surface area contributed by atoms with Crippen LogP contribution in [0.3, 0.4) is 0 Å². The fraction of sp³-hybridized carbons (Fsp3) is 0.500. The van der Waals surface area contributed by atoms with Crippen molar-refractivity contribution in [2.75, 3.05) is 13.7 Å². The quantitative estimate of drug-likeness (QED) is 0.846. The molecule has 2 bridgehead atoms. The summed E-state index contributed by atoms with van der Waals surface area (Å²) >= 11 is 0. The van der Waals surface area contributed by atoms with Gasteiger partial charge in [0.25, 0.3) is 0 Å². The normalized spacial score (nSPS) is 27.5. The average molecular weight is 230 g/mol. The van der Waals surface area contributed by atoms with Crippen LogP contribution in [-0.2, 0) is 0 Å². The van der Waals surface area contributed by atoms with Crippen LogP contribution in [0, 0.1) is 5.92 Å². The first-order valence-electron chi connectivity index (χ1n) is 6.29. The van der Waals surface area contributed by atoms with Gasteiger partial charge in [0, 0.05) is 18.3 Å². The van der Waals surface area contributed by atoms with E-state index in [9.17, 15) is 0 Å². The monoisotopic (exact) mass is 230 g/mol. The molecule has 1 aliphatic heterocycles. The summed E-state index contributed by atoms with van der Waals surface area (Å²) in [4.78, 5) is 4.28. The molecule has 3 nitrogen and oxygen atoms in total. The Balaban J connectivity index is 1.85. The molecule has 1 N–H and O–H groups in total. The van der Waals surface area contributed by atoms with E-state index in [2.05, 4.69) is 22.4 Å². The number of nitrogens with one attached hydrogen (secondary N) is 1. The van der Waals surface area contributed by atoms with Gasteiger partial charge >= 0.3 is 0 Å². The molecular weight excluding hydrogens is 212 g/mol. The van der Waals surface area contributed by atoms with E-state index in [0.29, 0.717) is 11.9 Å². The fourth-order valence-electron chi connectivity index (χ4n) is 2.87. The molecule has 0 radical (unpaired) electrons. The first-order valence-corrected chi connectivity index (χ1v) is 6.29. The van der Waals surface area contributed by atoms with Crippen LogP contribution >= 0.6 is 0 Å². The molecule has 2 atom stereocenters. The molecule has 0 aromatic carbocycles. The number of rotatable bonds is 2. The van der Waals surface area contributed by atoms with Crippen LogP contribution in [-0.4, -0.2) is 24.7 Å². The number of nitrogens with zero attached hydrogens (tertiary/aromatic N) is 1. The van der Waals surface area contributed by atoms with Crippen molar-refractivity contribution in [3.05, 3.63) is 30.0 Å². The molecule has 90 valence electrons. The zero-order chi connectivity index (χ0) is 11.7. The molecule has 1 fully saturated rings. The van der Waals surface area contributed by atoms with Crippen molar-refractivity contribution >= 4 is 5.57 Å². The zero-order valence-electron chi connectivity index (χ0n) is 10.1. The summed E-state index contributed by atoms with van der Waals surface area (Å²) in [7, 11) is 1.65. The Hall–Kier alpha value is -1.35. The highest BCUT2D eigenvalue weighted by atomic mass is 16.5. The van der Waals surface area contributed by atoms with Crippen LogP contribution in [0.4, 0.5) is 0 Å². The van der Waals surface area contributed by atoms with Crippen molar-refractivity contribution < 1.29 is 4.74 Å². The standard InChI is InChI=1S/C14H18N2O/c1-17-14-3-2-11(9-16-14)12-6-10-4-5-15-13(7-10)8-12/h2-3,8-10,13,15H,4-7H2,1H3. The highest BCUT2D eigenvalue weighted by molar-refractivity contribution is 5.67. The van der Waals surface area contributed by atoms with E-state index >= 15 is 0 Å². The molecule has 2 aliphatic rings. The lowest BCUT2D eigenvalue weighted by molar-refractivity contribution is 0.327. The maximum atomic E-state index is 5.09. The number of pyridine rings is 1. The summed E-state index contributed by atoms with van der Waals surface area (Å²) in [6.07, 6.45) is 8.10. The van der Waals surface area contributed by atoms with Crippen LogP contribution in [0.15, 0.2) is 24.4 Å². The number of fused-ring (bicyclic) bond motifs is 2. The van der Waals surface area contributed by atoms with Gasteiger partial charge in [-0.1, -0.05) is 6.08 Å². The number of ether oxygens (including phenoxy) is 1. The minimum absolute atomic E-state index is 0.569. The summed E-state index contributed by atoms with van der Waals surface area (Å²) in [5.74, 6) is 1.53. The van der Waals surface area contributed by atoms with Crippen molar-refractivity contribution in [1.82, 2.24) is 10.3 Å². The topological polar surface area (TPSA) is 34.1 Å². The van der Waals surface area contributed by atoms with Crippen molar-refractivity contribution in [1.29, 1.82) is 0 Å². The second-order valence-electron chi connectivity index (χ2n) is 4.94. The summed E-state index contributed by atoms with van der Waals surface area (Å²) in [6, 6.07) is 4.62. The molecule has 2 unspecified atom stereocenters. The summed E-state index contributed by atoms with van der Waals surface area (Å²) in [5.41, 5.74) is 2.68. The third-order valence-corrected chi connectivity index (χ3v) is 3.77. The molecule has 17 heavy (non-hydrogen) atoms. The number of allylic oxidation sites excluding steroid dienone is 1. The Labute approximate surface area is 102 Å². The van der Waals surface area contributed by atoms with Crippen molar-refractivity contribution in [2.45, 2.75) is 25.3 Å². The lowest BCUT2D eigenvalue weighted by Gasteiger charge is -2.34. The summed E-state index contributed by atoms with van der Waals surface area (Å²) < 4.78 is 5.09. The molecule has 2 heterocycles. The lowest BCUT2D eigenvalue weighted by atomic mass is 9.79. The second kappa shape index (κ2) is 4.49. The van der Waals surface area contributed by atoms with Gasteiger partial charge in [0.2, 0.25) is 5.88 Å². The predicted octanol–water partition coefficient (Wildman–Crippen LogP) is 2.25. The van der Waals surface area contributed by atoms with Crippen LogP contribution < -0.4 is 10.1 Å². The molecule has 3 heteroatoms. The summed E-state index contributed by atoms with van der Waals surface area (Å²) in [6.45, 7) is 1.17. The highest BCUT2D eigenvalue weighted by Gasteiger charge is 2.26. The molecule has 0 amide bonds. The number of aromatic nitrogens is 1. The maximum absolute atomic E-state index is 5.09. The van der Waals surface area contributed by atoms with Crippen LogP contribution in [0.5, 0.6) is 5.88 Å². The van der Waals surface area contributed by atoms with Crippen molar-refractivity contribution in [2.24, 2.45) is 5.92 Å². The van der Waals surface area contributed by atoms with E-state index in [0.717, 1.165) is 5.92 Å². The van der Waals surface area contributed by atoms with E-state index in [1.165, 1.54) is 36.9 Å². The van der Waals surface area contributed by atoms with E-state index < -0.39 is 0 Å². The van der Waals surface area contributed by atoms with Crippen molar-refractivity contribution in [3.8, 4) is 5.88 Å². The van der Waals surface area contributed by atoms with Crippen LogP contribution in [0.1, 0.15) is 24.8 Å². The fourth-order valence-corrected chi connectivity index (χ4v) is 2.87. The summed E-state index contributed by atoms with van der Waals surface area (Å²) in [5, 5.41) is 3.55. The van der Waals surface area contributed by atoms with Gasteiger partial charge in [-0.2, -0.15) is 0 Å². The van der Waals surface area contributed by atoms with Gasteiger partial charge in [-0.15, -0.1) is 0 Å². The average Bonchev–Trinajstić information content (AvgIpc) is 2.38. The van der Waals surface area contributed by atoms with Gasteiger partial charge in [0.15, 0.2) is 0 Å². The van der Waals surface area contributed by atoms with Gasteiger partial charge in [0.05, 0.1) is 7.11 Å². The maximum Gasteiger partial charge on any atom is 0.212 e. The molecule has 1 aromatic heterocycles. The van der Waals surface area contributed by atoms with Gasteiger partial charge in [0.1, 0.15) is 0 Å². The second-order valence-corrected chi connectivity index (χ2v) is 4.94. The highest BCUT2D eigenvalue weighted by Crippen LogP contribution is 2.34. The number of hydrogen-bond donors (Lipinski definition) is 1. The largest absolute Gasteiger partial charge is 0.481 e. The molecule has 1 saturated heterocycles. The van der Waals surface area contributed by atoms with E-state index in [1.54, 1.807) is 7.11 Å². The molecule has 0 saturated carbocycles. The Bertz CT molecular complexity index is 424. The Morgan fingerprint density at radius 3 is 3.06 bits per heavy atom.